The van der Waals surface area contributed by atoms with Gasteiger partial charge < -0.3 is 16.8 Å². The molecule has 0 aromatic heterocycles. The van der Waals surface area contributed by atoms with Crippen molar-refractivity contribution in [1.29, 1.82) is 5.41 Å². The summed E-state index contributed by atoms with van der Waals surface area (Å²) < 4.78 is 39.8. The first-order valence-electron chi connectivity index (χ1n) is 13.3. The number of hydrogen-bond donors (Lipinski definition) is 4. The Labute approximate surface area is 205 Å². The average Bonchev–Trinajstić information content (AvgIpc) is 3.16. The third kappa shape index (κ3) is 6.12. The van der Waals surface area contributed by atoms with E-state index in [1.165, 1.54) is 0 Å². The molecule has 2 amide bonds. The van der Waals surface area contributed by atoms with Crippen molar-refractivity contribution in [3.63, 3.8) is 0 Å². The van der Waals surface area contributed by atoms with Crippen molar-refractivity contribution in [2.24, 2.45) is 41.1 Å². The highest BCUT2D eigenvalue weighted by Crippen LogP contribution is 2.44. The van der Waals surface area contributed by atoms with Gasteiger partial charge >= 0.3 is 6.18 Å². The van der Waals surface area contributed by atoms with E-state index < -0.39 is 18.1 Å². The van der Waals surface area contributed by atoms with Crippen molar-refractivity contribution in [1.82, 2.24) is 10.2 Å². The topological polar surface area (TPSA) is 125 Å². The summed E-state index contributed by atoms with van der Waals surface area (Å²) in [6, 6.07) is -0.657. The minimum Gasteiger partial charge on any atom is -0.387 e. The van der Waals surface area contributed by atoms with E-state index in [0.29, 0.717) is 31.1 Å². The van der Waals surface area contributed by atoms with E-state index in [4.69, 9.17) is 16.9 Å². The first kappa shape index (κ1) is 26.2. The molecule has 0 spiro atoms. The van der Waals surface area contributed by atoms with E-state index in [1.807, 2.05) is 0 Å². The molecule has 6 unspecified atom stereocenters. The summed E-state index contributed by atoms with van der Waals surface area (Å²) in [5.74, 6) is -0.947. The number of hydrogen-bond acceptors (Lipinski definition) is 4. The van der Waals surface area contributed by atoms with Crippen molar-refractivity contribution >= 4 is 17.6 Å². The fourth-order valence-corrected chi connectivity index (χ4v) is 7.19. The van der Waals surface area contributed by atoms with Crippen LogP contribution >= 0.6 is 0 Å². The fourth-order valence-electron chi connectivity index (χ4n) is 7.19. The van der Waals surface area contributed by atoms with E-state index in [2.05, 4.69) is 10.2 Å². The highest BCUT2D eigenvalue weighted by molar-refractivity contribution is 5.83. The molecule has 4 fully saturated rings. The molecule has 4 rings (SSSR count). The molecule has 0 aromatic rings. The lowest BCUT2D eigenvalue weighted by molar-refractivity contribution is -0.184. The lowest BCUT2D eigenvalue weighted by atomic mass is 9.77. The zero-order valence-electron chi connectivity index (χ0n) is 20.4. The van der Waals surface area contributed by atoms with Gasteiger partial charge in [-0.25, -0.2) is 0 Å². The molecule has 1 aliphatic heterocycles. The van der Waals surface area contributed by atoms with Crippen LogP contribution in [0.1, 0.15) is 77.0 Å². The summed E-state index contributed by atoms with van der Waals surface area (Å²) in [6.07, 6.45) is 3.40. The number of likely N-dealkylation sites (tertiary alicyclic amines) is 1. The second-order valence-electron chi connectivity index (χ2n) is 11.5. The fraction of sp³-hybridized carbons (Fsp3) is 0.880. The van der Waals surface area contributed by atoms with Crippen LogP contribution in [0.4, 0.5) is 13.2 Å². The summed E-state index contributed by atoms with van der Waals surface area (Å²) in [5.41, 5.74) is 11.3. The molecule has 35 heavy (non-hydrogen) atoms. The van der Waals surface area contributed by atoms with Crippen LogP contribution in [0.5, 0.6) is 0 Å². The van der Waals surface area contributed by atoms with Gasteiger partial charge in [-0.1, -0.05) is 6.42 Å². The zero-order valence-corrected chi connectivity index (χ0v) is 20.4. The van der Waals surface area contributed by atoms with Crippen LogP contribution in [-0.4, -0.2) is 53.4 Å². The van der Waals surface area contributed by atoms with Gasteiger partial charge in [0.2, 0.25) is 11.8 Å². The van der Waals surface area contributed by atoms with Crippen molar-refractivity contribution in [2.45, 2.75) is 101 Å². The molecule has 6 N–H and O–H groups in total. The lowest BCUT2D eigenvalue weighted by Crippen LogP contribution is -2.52. The number of amides is 2. The maximum absolute atomic E-state index is 13.5. The standard InChI is InChI=1S/C25H40F3N5O2/c26-25(27,28)18-2-1-3-19(12-18)32-24(35)21-10-16-8-9-17(22(29)30)11-20(16)33(21)13-14-4-6-15(7-5-14)23(31)34/h14-21H,1-13H2,(H3,29,30)(H2,31,34)(H,32,35). The average molecular weight is 500 g/mol. The number of carbonyl (C=O) groups is 2. The zero-order chi connectivity index (χ0) is 25.3. The maximum Gasteiger partial charge on any atom is 0.391 e. The molecular formula is C25H40F3N5O2. The smallest absolute Gasteiger partial charge is 0.387 e. The molecular weight excluding hydrogens is 459 g/mol. The Hall–Kier alpha value is -1.84. The van der Waals surface area contributed by atoms with Crippen molar-refractivity contribution in [3.8, 4) is 0 Å². The number of amidine groups is 1. The number of carbonyl (C=O) groups excluding carboxylic acids is 2. The quantitative estimate of drug-likeness (QED) is 0.330. The van der Waals surface area contributed by atoms with E-state index in [1.54, 1.807) is 0 Å². The number of nitrogens with two attached hydrogens (primary N) is 2. The van der Waals surface area contributed by atoms with Gasteiger partial charge in [0.15, 0.2) is 0 Å². The van der Waals surface area contributed by atoms with Crippen molar-refractivity contribution in [2.75, 3.05) is 6.54 Å². The third-order valence-corrected chi connectivity index (χ3v) is 9.25. The van der Waals surface area contributed by atoms with Gasteiger partial charge in [0.1, 0.15) is 0 Å². The second kappa shape index (κ2) is 10.6. The molecule has 0 aromatic carbocycles. The van der Waals surface area contributed by atoms with E-state index >= 15 is 0 Å². The summed E-state index contributed by atoms with van der Waals surface area (Å²) in [7, 11) is 0. The second-order valence-corrected chi connectivity index (χ2v) is 11.5. The molecule has 1 saturated heterocycles. The maximum atomic E-state index is 13.5. The molecule has 0 radical (unpaired) electrons. The number of rotatable bonds is 6. The van der Waals surface area contributed by atoms with Gasteiger partial charge in [0, 0.05) is 30.5 Å². The highest BCUT2D eigenvalue weighted by Gasteiger charge is 2.49. The van der Waals surface area contributed by atoms with Gasteiger partial charge in [-0.15, -0.1) is 0 Å². The van der Waals surface area contributed by atoms with Crippen LogP contribution in [0.25, 0.3) is 0 Å². The molecule has 3 aliphatic carbocycles. The Morgan fingerprint density at radius 2 is 1.60 bits per heavy atom. The van der Waals surface area contributed by atoms with Gasteiger partial charge in [-0.2, -0.15) is 13.2 Å². The van der Waals surface area contributed by atoms with Crippen LogP contribution < -0.4 is 16.8 Å². The predicted molar refractivity (Wildman–Crippen MR) is 126 cm³/mol. The van der Waals surface area contributed by atoms with Gasteiger partial charge in [-0.3, -0.25) is 19.9 Å². The molecule has 0 bridgehead atoms. The Morgan fingerprint density at radius 1 is 0.914 bits per heavy atom. The van der Waals surface area contributed by atoms with E-state index in [0.717, 1.165) is 51.5 Å². The lowest BCUT2D eigenvalue weighted by Gasteiger charge is -2.40. The molecule has 4 aliphatic rings. The Kier molecular flexibility index (Phi) is 7.98. The van der Waals surface area contributed by atoms with Gasteiger partial charge in [0.25, 0.3) is 0 Å². The summed E-state index contributed by atoms with van der Waals surface area (Å²) in [4.78, 5) is 27.3. The van der Waals surface area contributed by atoms with Crippen LogP contribution in [0.15, 0.2) is 0 Å². The van der Waals surface area contributed by atoms with Crippen molar-refractivity contribution in [3.05, 3.63) is 0 Å². The Balaban J connectivity index is 1.44. The Morgan fingerprint density at radius 3 is 2.23 bits per heavy atom. The summed E-state index contributed by atoms with van der Waals surface area (Å²) in [6.45, 7) is 0.727. The summed E-state index contributed by atoms with van der Waals surface area (Å²) >= 11 is 0. The van der Waals surface area contributed by atoms with E-state index in [9.17, 15) is 22.8 Å². The molecule has 3 saturated carbocycles. The normalized spacial score (nSPS) is 38.5. The van der Waals surface area contributed by atoms with Gasteiger partial charge in [0.05, 0.1) is 17.8 Å². The SMILES string of the molecule is N=C(N)C1CCC2CC(C(=O)NC3CCCC(C(F)(F)F)C3)N(CC3CCC(C(N)=O)CC3)C2C1. The van der Waals surface area contributed by atoms with Crippen LogP contribution in [0, 0.1) is 35.0 Å². The van der Waals surface area contributed by atoms with Crippen molar-refractivity contribution < 1.29 is 22.8 Å². The number of nitrogens with zero attached hydrogens (tertiary/aromatic N) is 1. The van der Waals surface area contributed by atoms with Crippen LogP contribution in [-0.2, 0) is 9.59 Å². The molecule has 6 atom stereocenters. The highest BCUT2D eigenvalue weighted by atomic mass is 19.4. The predicted octanol–water partition coefficient (Wildman–Crippen LogP) is 3.31. The minimum atomic E-state index is -4.22. The number of alkyl halides is 3. The first-order valence-corrected chi connectivity index (χ1v) is 13.3. The molecule has 7 nitrogen and oxygen atoms in total. The first-order chi connectivity index (χ1) is 16.5. The minimum absolute atomic E-state index is 0.0112. The van der Waals surface area contributed by atoms with Gasteiger partial charge in [-0.05, 0) is 82.5 Å². The van der Waals surface area contributed by atoms with Crippen LogP contribution in [0.3, 0.4) is 0 Å². The Bertz CT molecular complexity index is 798. The molecule has 10 heteroatoms. The monoisotopic (exact) mass is 499 g/mol. The number of halogens is 3. The molecule has 198 valence electrons. The third-order valence-electron chi connectivity index (χ3n) is 9.25. The number of nitrogens with one attached hydrogen (secondary N) is 2. The largest absolute Gasteiger partial charge is 0.391 e. The van der Waals surface area contributed by atoms with E-state index in [-0.39, 0.29) is 54.4 Å². The van der Waals surface area contributed by atoms with Crippen LogP contribution in [0.2, 0.25) is 0 Å². The number of fused-ring (bicyclic) bond motifs is 1. The summed E-state index contributed by atoms with van der Waals surface area (Å²) in [5, 5.41) is 10.9. The molecule has 1 heterocycles. The number of primary amides is 1.